The van der Waals surface area contributed by atoms with Crippen molar-refractivity contribution in [1.29, 1.82) is 0 Å². The molecule has 2 rings (SSSR count). The highest BCUT2D eigenvalue weighted by Gasteiger charge is 2.30. The number of nitrogens with two attached hydrogens (primary N) is 1. The molecule has 1 heterocycles. The Morgan fingerprint density at radius 2 is 2.11 bits per heavy atom. The number of rotatable bonds is 4. The largest absolute Gasteiger partial charge is 0.394 e. The SMILES string of the molecule is NC1CCCN(C(CO)Cc2ccccc2)C1=O. The van der Waals surface area contributed by atoms with Crippen LogP contribution in [-0.2, 0) is 11.2 Å². The third kappa shape index (κ3) is 2.89. The minimum atomic E-state index is -0.399. The van der Waals surface area contributed by atoms with Crippen LogP contribution in [-0.4, -0.2) is 41.1 Å². The van der Waals surface area contributed by atoms with Gasteiger partial charge in [0.15, 0.2) is 0 Å². The van der Waals surface area contributed by atoms with E-state index < -0.39 is 6.04 Å². The molecule has 0 radical (unpaired) electrons. The number of aliphatic hydroxyl groups is 1. The summed E-state index contributed by atoms with van der Waals surface area (Å²) in [5.74, 6) is -0.0313. The van der Waals surface area contributed by atoms with E-state index in [4.69, 9.17) is 5.73 Å². The molecule has 1 aromatic rings. The lowest BCUT2D eigenvalue weighted by molar-refractivity contribution is -0.138. The van der Waals surface area contributed by atoms with Crippen molar-refractivity contribution in [3.8, 4) is 0 Å². The zero-order valence-corrected chi connectivity index (χ0v) is 10.5. The fourth-order valence-corrected chi connectivity index (χ4v) is 2.45. The molecule has 0 saturated carbocycles. The summed E-state index contributed by atoms with van der Waals surface area (Å²) in [4.78, 5) is 13.7. The summed E-state index contributed by atoms with van der Waals surface area (Å²) in [5.41, 5.74) is 6.91. The molecule has 3 N–H and O–H groups in total. The molecule has 0 spiro atoms. The van der Waals surface area contributed by atoms with E-state index in [1.54, 1.807) is 4.90 Å². The Hall–Kier alpha value is -1.39. The molecule has 18 heavy (non-hydrogen) atoms. The fourth-order valence-electron chi connectivity index (χ4n) is 2.45. The van der Waals surface area contributed by atoms with Crippen molar-refractivity contribution < 1.29 is 9.90 Å². The van der Waals surface area contributed by atoms with Gasteiger partial charge >= 0.3 is 0 Å². The number of carbonyl (C=O) groups is 1. The number of piperidine rings is 1. The molecule has 2 atom stereocenters. The lowest BCUT2D eigenvalue weighted by Crippen LogP contribution is -2.54. The van der Waals surface area contributed by atoms with Gasteiger partial charge in [-0.05, 0) is 24.8 Å². The van der Waals surface area contributed by atoms with Gasteiger partial charge in [-0.2, -0.15) is 0 Å². The second-order valence-corrected chi connectivity index (χ2v) is 4.81. The fraction of sp³-hybridized carbons (Fsp3) is 0.500. The van der Waals surface area contributed by atoms with Crippen LogP contribution in [0.25, 0.3) is 0 Å². The normalized spacial score (nSPS) is 22.0. The molecular weight excluding hydrogens is 228 g/mol. The van der Waals surface area contributed by atoms with Crippen molar-refractivity contribution in [2.24, 2.45) is 5.73 Å². The van der Waals surface area contributed by atoms with Gasteiger partial charge in [0.05, 0.1) is 18.7 Å². The lowest BCUT2D eigenvalue weighted by Gasteiger charge is -2.36. The van der Waals surface area contributed by atoms with Gasteiger partial charge in [0, 0.05) is 6.54 Å². The highest BCUT2D eigenvalue weighted by Crippen LogP contribution is 2.16. The second-order valence-electron chi connectivity index (χ2n) is 4.81. The molecule has 1 aliphatic heterocycles. The van der Waals surface area contributed by atoms with Crippen LogP contribution >= 0.6 is 0 Å². The molecule has 4 heteroatoms. The van der Waals surface area contributed by atoms with Crippen LogP contribution in [0.2, 0.25) is 0 Å². The smallest absolute Gasteiger partial charge is 0.239 e. The van der Waals surface area contributed by atoms with Crippen LogP contribution in [0.1, 0.15) is 18.4 Å². The van der Waals surface area contributed by atoms with Crippen LogP contribution in [0.15, 0.2) is 30.3 Å². The van der Waals surface area contributed by atoms with Gasteiger partial charge in [-0.15, -0.1) is 0 Å². The van der Waals surface area contributed by atoms with E-state index in [1.807, 2.05) is 30.3 Å². The van der Waals surface area contributed by atoms with E-state index in [1.165, 1.54) is 0 Å². The zero-order chi connectivity index (χ0) is 13.0. The second kappa shape index (κ2) is 5.98. The molecule has 0 bridgehead atoms. The minimum Gasteiger partial charge on any atom is -0.394 e. The zero-order valence-electron chi connectivity index (χ0n) is 10.5. The van der Waals surface area contributed by atoms with E-state index in [9.17, 15) is 9.90 Å². The van der Waals surface area contributed by atoms with E-state index in [-0.39, 0.29) is 18.6 Å². The summed E-state index contributed by atoms with van der Waals surface area (Å²) < 4.78 is 0. The van der Waals surface area contributed by atoms with Crippen molar-refractivity contribution in [1.82, 2.24) is 4.90 Å². The number of amides is 1. The summed E-state index contributed by atoms with van der Waals surface area (Å²) in [6.45, 7) is 0.679. The van der Waals surface area contributed by atoms with Gasteiger partial charge in [0.25, 0.3) is 0 Å². The van der Waals surface area contributed by atoms with Gasteiger partial charge in [-0.1, -0.05) is 30.3 Å². The summed E-state index contributed by atoms with van der Waals surface area (Å²) in [5, 5.41) is 9.51. The third-order valence-corrected chi connectivity index (χ3v) is 3.48. The molecule has 1 fully saturated rings. The first-order chi connectivity index (χ1) is 8.72. The third-order valence-electron chi connectivity index (χ3n) is 3.48. The molecule has 0 aliphatic carbocycles. The number of hydrogen-bond acceptors (Lipinski definition) is 3. The standard InChI is InChI=1S/C14H20N2O2/c15-13-7-4-8-16(14(13)18)12(10-17)9-11-5-2-1-3-6-11/h1-3,5-6,12-13,17H,4,7-10,15H2. The average Bonchev–Trinajstić information content (AvgIpc) is 2.41. The van der Waals surface area contributed by atoms with Crippen LogP contribution in [0.4, 0.5) is 0 Å². The van der Waals surface area contributed by atoms with Crippen molar-refractivity contribution >= 4 is 5.91 Å². The molecule has 0 aromatic heterocycles. The first-order valence-corrected chi connectivity index (χ1v) is 6.43. The molecule has 98 valence electrons. The van der Waals surface area contributed by atoms with Gasteiger partial charge < -0.3 is 15.7 Å². The molecule has 1 aromatic carbocycles. The number of carbonyl (C=O) groups excluding carboxylic acids is 1. The highest BCUT2D eigenvalue weighted by atomic mass is 16.3. The first-order valence-electron chi connectivity index (χ1n) is 6.43. The molecule has 1 amide bonds. The summed E-state index contributed by atoms with van der Waals surface area (Å²) in [6.07, 6.45) is 2.34. The topological polar surface area (TPSA) is 66.6 Å². The maximum atomic E-state index is 12.0. The van der Waals surface area contributed by atoms with Crippen LogP contribution in [0.5, 0.6) is 0 Å². The Morgan fingerprint density at radius 3 is 2.78 bits per heavy atom. The maximum Gasteiger partial charge on any atom is 0.239 e. The van der Waals surface area contributed by atoms with Crippen molar-refractivity contribution in [2.45, 2.75) is 31.3 Å². The average molecular weight is 248 g/mol. The molecular formula is C14H20N2O2. The Balaban J connectivity index is 2.06. The summed E-state index contributed by atoms with van der Waals surface area (Å²) in [7, 11) is 0. The van der Waals surface area contributed by atoms with Gasteiger partial charge in [-0.3, -0.25) is 4.79 Å². The van der Waals surface area contributed by atoms with Gasteiger partial charge in [-0.25, -0.2) is 0 Å². The van der Waals surface area contributed by atoms with E-state index in [0.717, 1.165) is 18.4 Å². The van der Waals surface area contributed by atoms with Crippen molar-refractivity contribution in [2.75, 3.05) is 13.2 Å². The predicted molar refractivity (Wildman–Crippen MR) is 69.9 cm³/mol. The predicted octanol–water partition coefficient (Wildman–Crippen LogP) is 0.540. The van der Waals surface area contributed by atoms with Crippen LogP contribution in [0.3, 0.4) is 0 Å². The lowest BCUT2D eigenvalue weighted by atomic mass is 9.99. The Kier molecular flexibility index (Phi) is 4.33. The molecule has 2 unspecified atom stereocenters. The highest BCUT2D eigenvalue weighted by molar-refractivity contribution is 5.82. The quantitative estimate of drug-likeness (QED) is 0.817. The minimum absolute atomic E-state index is 0.0205. The molecule has 4 nitrogen and oxygen atoms in total. The first kappa shape index (κ1) is 13.1. The van der Waals surface area contributed by atoms with Crippen molar-refractivity contribution in [3.63, 3.8) is 0 Å². The monoisotopic (exact) mass is 248 g/mol. The van der Waals surface area contributed by atoms with E-state index >= 15 is 0 Å². The molecule has 1 saturated heterocycles. The molecule has 1 aliphatic rings. The Labute approximate surface area is 107 Å². The van der Waals surface area contributed by atoms with Crippen LogP contribution < -0.4 is 5.73 Å². The Morgan fingerprint density at radius 1 is 1.39 bits per heavy atom. The van der Waals surface area contributed by atoms with E-state index in [2.05, 4.69) is 0 Å². The number of nitrogens with zero attached hydrogens (tertiary/aromatic N) is 1. The maximum absolute atomic E-state index is 12.0. The Bertz CT molecular complexity index is 394. The summed E-state index contributed by atoms with van der Waals surface area (Å²) in [6, 6.07) is 9.35. The van der Waals surface area contributed by atoms with Crippen LogP contribution in [0, 0.1) is 0 Å². The number of likely N-dealkylation sites (tertiary alicyclic amines) is 1. The van der Waals surface area contributed by atoms with Crippen molar-refractivity contribution in [3.05, 3.63) is 35.9 Å². The van der Waals surface area contributed by atoms with E-state index in [0.29, 0.717) is 13.0 Å². The number of aliphatic hydroxyl groups excluding tert-OH is 1. The summed E-state index contributed by atoms with van der Waals surface area (Å²) >= 11 is 0. The number of benzene rings is 1. The number of hydrogen-bond donors (Lipinski definition) is 2. The van der Waals surface area contributed by atoms with Gasteiger partial charge in [0.2, 0.25) is 5.91 Å². The van der Waals surface area contributed by atoms with Gasteiger partial charge in [0.1, 0.15) is 0 Å².